The van der Waals surface area contributed by atoms with Crippen LogP contribution in [0.25, 0.3) is 0 Å². The van der Waals surface area contributed by atoms with Crippen LogP contribution in [0.3, 0.4) is 0 Å². The Kier molecular flexibility index (Phi) is 8.26. The average Bonchev–Trinajstić information content (AvgIpc) is 2.97. The van der Waals surface area contributed by atoms with Crippen LogP contribution in [-0.2, 0) is 18.3 Å². The van der Waals surface area contributed by atoms with E-state index in [9.17, 15) is 0 Å². The Morgan fingerprint density at radius 2 is 2.10 bits per heavy atom. The molecule has 1 aromatic carbocycles. The van der Waals surface area contributed by atoms with Gasteiger partial charge in [0.2, 0.25) is 0 Å². The minimum atomic E-state index is -0.260. The lowest BCUT2D eigenvalue weighted by molar-refractivity contribution is 0.0693. The van der Waals surface area contributed by atoms with Gasteiger partial charge in [0.1, 0.15) is 23.7 Å². The van der Waals surface area contributed by atoms with Gasteiger partial charge in [0, 0.05) is 32.7 Å². The summed E-state index contributed by atoms with van der Waals surface area (Å²) >= 11 is 0. The smallest absolute Gasteiger partial charge is 0.192 e. The molecule has 1 aliphatic rings. The van der Waals surface area contributed by atoms with Crippen LogP contribution in [0.2, 0.25) is 0 Å². The highest BCUT2D eigenvalue weighted by atomic mass is 127. The monoisotopic (exact) mass is 514 g/mol. The van der Waals surface area contributed by atoms with E-state index in [0.717, 1.165) is 35.3 Å². The highest BCUT2D eigenvalue weighted by Crippen LogP contribution is 2.39. The number of halogens is 1. The molecule has 0 saturated heterocycles. The minimum Gasteiger partial charge on any atom is -0.487 e. The maximum Gasteiger partial charge on any atom is 0.192 e. The van der Waals surface area contributed by atoms with Gasteiger partial charge in [-0.15, -0.1) is 34.2 Å². The zero-order valence-electron chi connectivity index (χ0n) is 17.7. The molecular formula is C20H31IN6O2. The van der Waals surface area contributed by atoms with Crippen molar-refractivity contribution in [2.75, 3.05) is 20.3 Å². The number of benzene rings is 1. The van der Waals surface area contributed by atoms with E-state index >= 15 is 0 Å². The van der Waals surface area contributed by atoms with Crippen LogP contribution in [0, 0.1) is 6.92 Å². The quantitative estimate of drug-likeness (QED) is 0.267. The van der Waals surface area contributed by atoms with E-state index in [-0.39, 0.29) is 35.6 Å². The number of fused-ring (bicyclic) bond motifs is 1. The van der Waals surface area contributed by atoms with Crippen molar-refractivity contribution in [2.45, 2.75) is 45.4 Å². The standard InChI is InChI=1S/C20H30N6O2.HI/c1-14-24-25-18(26(14)4)13-22-19(21-10-11-27-5)23-16-12-20(2,3)28-17-9-7-6-8-15(16)17;/h6-9,16H,10-13H2,1-5H3,(H2,21,22,23);1H. The second-order valence-corrected chi connectivity index (χ2v) is 7.61. The van der Waals surface area contributed by atoms with E-state index in [0.29, 0.717) is 19.7 Å². The van der Waals surface area contributed by atoms with Gasteiger partial charge < -0.3 is 24.7 Å². The first kappa shape index (κ1) is 23.4. The fourth-order valence-corrected chi connectivity index (χ4v) is 3.26. The Morgan fingerprint density at radius 1 is 1.34 bits per heavy atom. The molecule has 0 aliphatic carbocycles. The Morgan fingerprint density at radius 3 is 2.79 bits per heavy atom. The second kappa shape index (κ2) is 10.2. The van der Waals surface area contributed by atoms with Gasteiger partial charge in [0.25, 0.3) is 0 Å². The number of ether oxygens (including phenoxy) is 2. The number of hydrogen-bond donors (Lipinski definition) is 2. The van der Waals surface area contributed by atoms with Crippen molar-refractivity contribution in [1.29, 1.82) is 0 Å². The molecule has 0 spiro atoms. The number of nitrogens with zero attached hydrogens (tertiary/aromatic N) is 4. The maximum absolute atomic E-state index is 6.14. The van der Waals surface area contributed by atoms with Crippen molar-refractivity contribution >= 4 is 29.9 Å². The third-order valence-corrected chi connectivity index (χ3v) is 4.85. The first-order chi connectivity index (χ1) is 13.4. The molecule has 1 unspecified atom stereocenters. The topological polar surface area (TPSA) is 85.6 Å². The van der Waals surface area contributed by atoms with Crippen LogP contribution in [-0.4, -0.2) is 46.6 Å². The number of hydrogen-bond acceptors (Lipinski definition) is 5. The molecule has 0 saturated carbocycles. The number of guanidine groups is 1. The van der Waals surface area contributed by atoms with Gasteiger partial charge in [-0.3, -0.25) is 0 Å². The Bertz CT molecular complexity index is 836. The van der Waals surface area contributed by atoms with E-state index in [4.69, 9.17) is 14.5 Å². The first-order valence-corrected chi connectivity index (χ1v) is 9.56. The van der Waals surface area contributed by atoms with E-state index in [1.807, 2.05) is 36.7 Å². The van der Waals surface area contributed by atoms with Crippen molar-refractivity contribution in [3.63, 3.8) is 0 Å². The molecular weight excluding hydrogens is 483 g/mol. The van der Waals surface area contributed by atoms with Gasteiger partial charge >= 0.3 is 0 Å². The lowest BCUT2D eigenvalue weighted by Gasteiger charge is -2.38. The number of methoxy groups -OCH3 is 1. The van der Waals surface area contributed by atoms with Crippen LogP contribution in [0.5, 0.6) is 5.75 Å². The summed E-state index contributed by atoms with van der Waals surface area (Å²) in [5, 5.41) is 15.2. The fraction of sp³-hybridized carbons (Fsp3) is 0.550. The van der Waals surface area contributed by atoms with Crippen LogP contribution in [0.4, 0.5) is 0 Å². The van der Waals surface area contributed by atoms with Gasteiger partial charge in [0.15, 0.2) is 11.8 Å². The molecule has 9 heteroatoms. The highest BCUT2D eigenvalue weighted by Gasteiger charge is 2.34. The zero-order valence-corrected chi connectivity index (χ0v) is 20.1. The number of aromatic nitrogens is 3. The predicted molar refractivity (Wildman–Crippen MR) is 124 cm³/mol. The van der Waals surface area contributed by atoms with Gasteiger partial charge in [0.05, 0.1) is 12.6 Å². The molecule has 2 N–H and O–H groups in total. The number of aryl methyl sites for hydroxylation is 1. The fourth-order valence-electron chi connectivity index (χ4n) is 3.26. The zero-order chi connectivity index (χ0) is 20.1. The predicted octanol–water partition coefficient (Wildman–Crippen LogP) is 2.73. The number of para-hydroxylation sites is 1. The van der Waals surface area contributed by atoms with Gasteiger partial charge in [-0.2, -0.15) is 0 Å². The molecule has 29 heavy (non-hydrogen) atoms. The lowest BCUT2D eigenvalue weighted by atomic mass is 9.90. The van der Waals surface area contributed by atoms with E-state index < -0.39 is 0 Å². The van der Waals surface area contributed by atoms with E-state index in [2.05, 4.69) is 40.7 Å². The van der Waals surface area contributed by atoms with Crippen molar-refractivity contribution in [2.24, 2.45) is 12.0 Å². The molecule has 160 valence electrons. The summed E-state index contributed by atoms with van der Waals surface area (Å²) in [6.07, 6.45) is 0.831. The SMILES string of the molecule is COCCNC(=NCc1nnc(C)n1C)NC1CC(C)(C)Oc2ccccc21.I. The summed E-state index contributed by atoms with van der Waals surface area (Å²) in [4.78, 5) is 4.73. The van der Waals surface area contributed by atoms with E-state index in [1.165, 1.54) is 0 Å². The van der Waals surface area contributed by atoms with Gasteiger partial charge in [-0.05, 0) is 26.8 Å². The second-order valence-electron chi connectivity index (χ2n) is 7.61. The van der Waals surface area contributed by atoms with Crippen molar-refractivity contribution in [3.8, 4) is 5.75 Å². The number of nitrogens with one attached hydrogen (secondary N) is 2. The number of rotatable bonds is 6. The Labute approximate surface area is 189 Å². The molecule has 2 heterocycles. The number of aliphatic imine (C=N–C) groups is 1. The normalized spacial score (nSPS) is 17.7. The first-order valence-electron chi connectivity index (χ1n) is 9.56. The highest BCUT2D eigenvalue weighted by molar-refractivity contribution is 14.0. The molecule has 0 amide bonds. The third kappa shape index (κ3) is 6.05. The summed E-state index contributed by atoms with van der Waals surface area (Å²) in [6, 6.07) is 8.24. The Balaban J connectivity index is 0.00000300. The Hall–Kier alpha value is -1.88. The molecule has 0 fully saturated rings. The molecule has 8 nitrogen and oxygen atoms in total. The molecule has 1 aliphatic heterocycles. The van der Waals surface area contributed by atoms with Crippen molar-refractivity contribution in [3.05, 3.63) is 41.5 Å². The largest absolute Gasteiger partial charge is 0.487 e. The van der Waals surface area contributed by atoms with Crippen molar-refractivity contribution in [1.82, 2.24) is 25.4 Å². The minimum absolute atomic E-state index is 0. The molecule has 1 atom stereocenters. The van der Waals surface area contributed by atoms with Crippen LogP contribution < -0.4 is 15.4 Å². The summed E-state index contributed by atoms with van der Waals surface area (Å²) < 4.78 is 13.2. The summed E-state index contributed by atoms with van der Waals surface area (Å²) in [6.45, 7) is 7.84. The molecule has 2 aromatic rings. The van der Waals surface area contributed by atoms with Crippen molar-refractivity contribution < 1.29 is 9.47 Å². The van der Waals surface area contributed by atoms with Crippen LogP contribution in [0.1, 0.15) is 43.5 Å². The molecule has 1 aromatic heterocycles. The molecule has 3 rings (SSSR count). The summed E-state index contributed by atoms with van der Waals surface area (Å²) in [5.74, 6) is 3.32. The van der Waals surface area contributed by atoms with Crippen LogP contribution >= 0.6 is 24.0 Å². The van der Waals surface area contributed by atoms with Gasteiger partial charge in [-0.1, -0.05) is 18.2 Å². The lowest BCUT2D eigenvalue weighted by Crippen LogP contribution is -2.46. The van der Waals surface area contributed by atoms with Gasteiger partial charge in [-0.25, -0.2) is 4.99 Å². The molecule has 0 radical (unpaired) electrons. The maximum atomic E-state index is 6.14. The average molecular weight is 514 g/mol. The van der Waals surface area contributed by atoms with Crippen LogP contribution in [0.15, 0.2) is 29.3 Å². The summed E-state index contributed by atoms with van der Waals surface area (Å²) in [5.41, 5.74) is 0.877. The van der Waals surface area contributed by atoms with E-state index in [1.54, 1.807) is 7.11 Å². The molecule has 0 bridgehead atoms. The third-order valence-electron chi connectivity index (χ3n) is 4.85. The summed E-state index contributed by atoms with van der Waals surface area (Å²) in [7, 11) is 3.63.